The van der Waals surface area contributed by atoms with Gasteiger partial charge in [-0.15, -0.1) is 0 Å². The third-order valence-electron chi connectivity index (χ3n) is 11.0. The Morgan fingerprint density at radius 3 is 1.07 bits per heavy atom. The molecule has 0 aliphatic carbocycles. The molecule has 0 fully saturated rings. The number of allylic oxidation sites excluding steroid dienone is 10. The lowest BCUT2D eigenvalue weighted by atomic mass is 10.0. The van der Waals surface area contributed by atoms with Gasteiger partial charge in [0.05, 0.1) is 0 Å². The number of ether oxygens (including phenoxy) is 3. The zero-order valence-corrected chi connectivity index (χ0v) is 40.2. The first-order valence-electron chi connectivity index (χ1n) is 25.8. The van der Waals surface area contributed by atoms with E-state index in [1.807, 2.05) is 0 Å². The van der Waals surface area contributed by atoms with Gasteiger partial charge >= 0.3 is 17.9 Å². The third kappa shape index (κ3) is 48.0. The number of carbonyl (C=O) groups is 3. The Bertz CT molecular complexity index is 1120. The summed E-state index contributed by atoms with van der Waals surface area (Å²) in [6.07, 6.45) is 60.7. The molecule has 0 saturated heterocycles. The number of rotatable bonds is 46. The zero-order valence-electron chi connectivity index (χ0n) is 40.2. The van der Waals surface area contributed by atoms with Gasteiger partial charge in [0, 0.05) is 19.3 Å². The Morgan fingerprint density at radius 1 is 0.344 bits per heavy atom. The summed E-state index contributed by atoms with van der Waals surface area (Å²) in [7, 11) is 0. The van der Waals surface area contributed by atoms with E-state index in [9.17, 15) is 14.4 Å². The molecule has 0 rings (SSSR count). The molecule has 352 valence electrons. The van der Waals surface area contributed by atoms with E-state index in [1.54, 1.807) is 0 Å². The van der Waals surface area contributed by atoms with Gasteiger partial charge in [0.1, 0.15) is 13.2 Å². The number of hydrogen-bond acceptors (Lipinski definition) is 6. The molecule has 1 atom stereocenters. The standard InChI is InChI=1S/C55H96O6/c1-4-7-10-13-16-19-22-25-27-28-29-31-33-36-39-42-45-48-54(57)60-51-52(50-59-53(56)47-44-41-38-35-32-24-21-18-15-12-9-6-3)61-55(58)49-46-43-40-37-34-30-26-23-20-17-14-11-8-5-2/h8,11,17,20,25,27,29,31,36,39,52H,4-7,9-10,12-16,18-19,21-24,26,28,30,32-35,37-38,40-51H2,1-3H3/b11-8-,20-17-,27-25-,31-29-,39-36-. The van der Waals surface area contributed by atoms with E-state index in [4.69, 9.17) is 14.2 Å². The minimum atomic E-state index is -0.795. The van der Waals surface area contributed by atoms with E-state index >= 15 is 0 Å². The van der Waals surface area contributed by atoms with E-state index in [0.29, 0.717) is 19.3 Å². The Kier molecular flexibility index (Phi) is 47.4. The fourth-order valence-corrected chi connectivity index (χ4v) is 7.14. The molecule has 0 spiro atoms. The smallest absolute Gasteiger partial charge is 0.306 e. The van der Waals surface area contributed by atoms with Gasteiger partial charge in [-0.3, -0.25) is 14.4 Å². The first kappa shape index (κ1) is 58.1. The van der Waals surface area contributed by atoms with Crippen molar-refractivity contribution in [2.45, 2.75) is 258 Å². The molecule has 1 unspecified atom stereocenters. The highest BCUT2D eigenvalue weighted by molar-refractivity contribution is 5.71. The van der Waals surface area contributed by atoms with E-state index in [2.05, 4.69) is 81.5 Å². The maximum atomic E-state index is 12.8. The van der Waals surface area contributed by atoms with Crippen molar-refractivity contribution in [3.63, 3.8) is 0 Å². The zero-order chi connectivity index (χ0) is 44.4. The van der Waals surface area contributed by atoms with E-state index in [-0.39, 0.29) is 37.5 Å². The maximum Gasteiger partial charge on any atom is 0.306 e. The van der Waals surface area contributed by atoms with Gasteiger partial charge in [-0.05, 0) is 77.0 Å². The van der Waals surface area contributed by atoms with E-state index in [1.165, 1.54) is 128 Å². The second-order valence-corrected chi connectivity index (χ2v) is 17.1. The number of hydrogen-bond donors (Lipinski definition) is 0. The van der Waals surface area contributed by atoms with Crippen LogP contribution in [-0.4, -0.2) is 37.2 Å². The molecule has 0 aliphatic rings. The molecule has 0 aliphatic heterocycles. The predicted molar refractivity (Wildman–Crippen MR) is 261 cm³/mol. The van der Waals surface area contributed by atoms with Crippen LogP contribution in [0.3, 0.4) is 0 Å². The Morgan fingerprint density at radius 2 is 0.656 bits per heavy atom. The lowest BCUT2D eigenvalue weighted by molar-refractivity contribution is -0.167. The summed E-state index contributed by atoms with van der Waals surface area (Å²) in [4.78, 5) is 37.9. The van der Waals surface area contributed by atoms with Crippen LogP contribution in [0.4, 0.5) is 0 Å². The molecule has 0 N–H and O–H groups in total. The molecule has 0 saturated carbocycles. The molecule has 0 aromatic rings. The molecular formula is C55H96O6. The summed E-state index contributed by atoms with van der Waals surface area (Å²) in [5.74, 6) is -0.951. The molecule has 6 nitrogen and oxygen atoms in total. The van der Waals surface area contributed by atoms with Crippen LogP contribution < -0.4 is 0 Å². The largest absolute Gasteiger partial charge is 0.462 e. The fourth-order valence-electron chi connectivity index (χ4n) is 7.14. The summed E-state index contributed by atoms with van der Waals surface area (Å²) in [6, 6.07) is 0. The summed E-state index contributed by atoms with van der Waals surface area (Å²) in [6.45, 7) is 6.48. The van der Waals surface area contributed by atoms with Crippen LogP contribution in [0.5, 0.6) is 0 Å². The first-order chi connectivity index (χ1) is 30.0. The van der Waals surface area contributed by atoms with Gasteiger partial charge < -0.3 is 14.2 Å². The average molecular weight is 853 g/mol. The predicted octanol–water partition coefficient (Wildman–Crippen LogP) is 16.9. The fraction of sp³-hybridized carbons (Fsp3) is 0.764. The van der Waals surface area contributed by atoms with E-state index < -0.39 is 6.10 Å². The average Bonchev–Trinajstić information content (AvgIpc) is 3.26. The lowest BCUT2D eigenvalue weighted by Crippen LogP contribution is -2.30. The van der Waals surface area contributed by atoms with Crippen LogP contribution >= 0.6 is 0 Å². The van der Waals surface area contributed by atoms with Crippen LogP contribution in [0.25, 0.3) is 0 Å². The van der Waals surface area contributed by atoms with Crippen molar-refractivity contribution in [3.8, 4) is 0 Å². The molecule has 0 amide bonds. The van der Waals surface area contributed by atoms with Gasteiger partial charge in [-0.1, -0.05) is 216 Å². The Labute approximate surface area is 377 Å². The van der Waals surface area contributed by atoms with Crippen LogP contribution in [0.1, 0.15) is 252 Å². The van der Waals surface area contributed by atoms with Crippen LogP contribution in [0.2, 0.25) is 0 Å². The summed E-state index contributed by atoms with van der Waals surface area (Å²) < 4.78 is 16.7. The molecule has 61 heavy (non-hydrogen) atoms. The first-order valence-corrected chi connectivity index (χ1v) is 25.8. The second kappa shape index (κ2) is 49.8. The van der Waals surface area contributed by atoms with Crippen molar-refractivity contribution < 1.29 is 28.6 Å². The normalized spacial score (nSPS) is 12.5. The summed E-state index contributed by atoms with van der Waals surface area (Å²) in [5.41, 5.74) is 0. The summed E-state index contributed by atoms with van der Waals surface area (Å²) >= 11 is 0. The van der Waals surface area contributed by atoms with Crippen molar-refractivity contribution >= 4 is 17.9 Å². The number of unbranched alkanes of at least 4 members (excludes halogenated alkanes) is 25. The summed E-state index contributed by atoms with van der Waals surface area (Å²) in [5, 5.41) is 0. The third-order valence-corrected chi connectivity index (χ3v) is 11.0. The van der Waals surface area contributed by atoms with Crippen molar-refractivity contribution in [2.75, 3.05) is 13.2 Å². The Hall–Kier alpha value is -2.89. The van der Waals surface area contributed by atoms with Gasteiger partial charge in [-0.2, -0.15) is 0 Å². The van der Waals surface area contributed by atoms with Crippen LogP contribution in [0.15, 0.2) is 60.8 Å². The highest BCUT2D eigenvalue weighted by atomic mass is 16.6. The van der Waals surface area contributed by atoms with Gasteiger partial charge in [-0.25, -0.2) is 0 Å². The monoisotopic (exact) mass is 853 g/mol. The molecule has 0 radical (unpaired) electrons. The second-order valence-electron chi connectivity index (χ2n) is 17.1. The van der Waals surface area contributed by atoms with Crippen molar-refractivity contribution in [1.82, 2.24) is 0 Å². The maximum absolute atomic E-state index is 12.8. The SMILES string of the molecule is CC/C=C\C/C=C\CCCCCCCCCC(=O)OC(COC(=O)CCC/C=C\C/C=C\C/C=C\CCCCCCCC)COC(=O)CCCCCCCCCCCCCC. The molecule has 0 aromatic heterocycles. The minimum Gasteiger partial charge on any atom is -0.462 e. The highest BCUT2D eigenvalue weighted by Gasteiger charge is 2.19. The number of carbonyl (C=O) groups excluding carboxylic acids is 3. The van der Waals surface area contributed by atoms with E-state index in [0.717, 1.165) is 77.0 Å². The van der Waals surface area contributed by atoms with Gasteiger partial charge in [0.2, 0.25) is 0 Å². The molecule has 0 heterocycles. The van der Waals surface area contributed by atoms with Crippen molar-refractivity contribution in [3.05, 3.63) is 60.8 Å². The van der Waals surface area contributed by atoms with Crippen LogP contribution in [0, 0.1) is 0 Å². The van der Waals surface area contributed by atoms with Crippen molar-refractivity contribution in [1.29, 1.82) is 0 Å². The molecule has 0 aromatic carbocycles. The molecule has 6 heteroatoms. The lowest BCUT2D eigenvalue weighted by Gasteiger charge is -2.18. The van der Waals surface area contributed by atoms with Gasteiger partial charge in [0.15, 0.2) is 6.10 Å². The minimum absolute atomic E-state index is 0.0914. The molecular weight excluding hydrogens is 757 g/mol. The van der Waals surface area contributed by atoms with Crippen molar-refractivity contribution in [2.24, 2.45) is 0 Å². The van der Waals surface area contributed by atoms with Crippen LogP contribution in [-0.2, 0) is 28.6 Å². The molecule has 0 bridgehead atoms. The Balaban J connectivity index is 4.44. The topological polar surface area (TPSA) is 78.9 Å². The number of esters is 3. The van der Waals surface area contributed by atoms with Gasteiger partial charge in [0.25, 0.3) is 0 Å². The quantitative estimate of drug-likeness (QED) is 0.0263. The highest BCUT2D eigenvalue weighted by Crippen LogP contribution is 2.15.